The fourth-order valence-electron chi connectivity index (χ4n) is 0.211. The van der Waals surface area contributed by atoms with Gasteiger partial charge in [0.15, 0.2) is 0 Å². The predicted octanol–water partition coefficient (Wildman–Crippen LogP) is -0.924. The zero-order valence-electron chi connectivity index (χ0n) is 4.31. The Morgan fingerprint density at radius 2 is 1.00 bits per heavy atom. The Morgan fingerprint density at radius 3 is 1.22 bits per heavy atom. The minimum absolute atomic E-state index is 0. The van der Waals surface area contributed by atoms with Crippen molar-refractivity contribution in [2.45, 2.75) is 10.3 Å². The maximum absolute atomic E-state index is 4.48. The molecule has 0 spiro atoms. The summed E-state index contributed by atoms with van der Waals surface area (Å²) in [7, 11) is 0. The number of hydrogen-bond acceptors (Lipinski definition) is 6. The van der Waals surface area contributed by atoms with Crippen LogP contribution in [0.2, 0.25) is 0 Å². The van der Waals surface area contributed by atoms with Crippen LogP contribution in [-0.4, -0.2) is 20.4 Å². The molecule has 0 N–H and O–H groups in total. The van der Waals surface area contributed by atoms with Crippen LogP contribution in [0.1, 0.15) is 0 Å². The summed E-state index contributed by atoms with van der Waals surface area (Å²) in [6, 6.07) is 0. The summed E-state index contributed by atoms with van der Waals surface area (Å²) in [4.78, 5) is 0. The van der Waals surface area contributed by atoms with Gasteiger partial charge in [-0.05, 0) is 0 Å². The topological polar surface area (TPSA) is 51.6 Å². The smallest absolute Gasteiger partial charge is 0.736 e. The molecule has 0 aliphatic rings. The third kappa shape index (κ3) is 3.11. The van der Waals surface area contributed by atoms with Gasteiger partial charge in [0.1, 0.15) is 0 Å². The molecule has 42 valence electrons. The van der Waals surface area contributed by atoms with Gasteiger partial charge in [0.2, 0.25) is 0 Å². The molecule has 1 heterocycles. The minimum atomic E-state index is 0. The minimum Gasteiger partial charge on any atom is -0.736 e. The van der Waals surface area contributed by atoms with E-state index in [4.69, 9.17) is 0 Å². The van der Waals surface area contributed by atoms with E-state index in [0.29, 0.717) is 0 Å². The first-order valence-corrected chi connectivity index (χ1v) is 2.52. The monoisotopic (exact) mass is 258 g/mol. The molecule has 0 bridgehead atoms. The van der Waals surface area contributed by atoms with Crippen molar-refractivity contribution in [2.75, 3.05) is 0 Å². The SMILES string of the molecule is [Cd+2].[S-]c1nnc([S-])nn1. The largest absolute Gasteiger partial charge is 2.00 e. The maximum Gasteiger partial charge on any atom is 2.00 e. The van der Waals surface area contributed by atoms with E-state index in [1.54, 1.807) is 0 Å². The van der Waals surface area contributed by atoms with Gasteiger partial charge in [-0.2, -0.15) is 20.4 Å². The Hall–Kier alpha value is 0.302. The molecule has 1 aromatic heterocycles. The maximum atomic E-state index is 4.48. The van der Waals surface area contributed by atoms with Gasteiger partial charge in [-0.15, -0.1) is 0 Å². The molecule has 0 saturated carbocycles. The normalized spacial score (nSPS) is 8.00. The van der Waals surface area contributed by atoms with E-state index in [2.05, 4.69) is 45.7 Å². The van der Waals surface area contributed by atoms with Crippen molar-refractivity contribution in [3.63, 3.8) is 0 Å². The second-order valence-corrected chi connectivity index (χ2v) is 1.70. The van der Waals surface area contributed by atoms with Crippen molar-refractivity contribution >= 4 is 25.3 Å². The third-order valence-corrected chi connectivity index (χ3v) is 0.769. The molecule has 0 aliphatic heterocycles. The third-order valence-electron chi connectivity index (χ3n) is 0.442. The molecule has 1 aromatic rings. The van der Waals surface area contributed by atoms with Gasteiger partial charge >= 0.3 is 27.3 Å². The molecule has 0 unspecified atom stereocenters. The van der Waals surface area contributed by atoms with E-state index in [9.17, 15) is 0 Å². The van der Waals surface area contributed by atoms with Crippen LogP contribution >= 0.6 is 0 Å². The van der Waals surface area contributed by atoms with Crippen LogP contribution in [0.25, 0.3) is 0 Å². The first kappa shape index (κ1) is 9.30. The van der Waals surface area contributed by atoms with Gasteiger partial charge in [-0.1, -0.05) is 0 Å². The first-order valence-electron chi connectivity index (χ1n) is 1.70. The Kier molecular flexibility index (Phi) is 4.31. The Bertz CT molecular complexity index is 155. The van der Waals surface area contributed by atoms with Crippen molar-refractivity contribution < 1.29 is 27.3 Å². The molecule has 9 heavy (non-hydrogen) atoms. The average Bonchev–Trinajstić information content (AvgIpc) is 1.77. The molecule has 1 rings (SSSR count). The van der Waals surface area contributed by atoms with Crippen LogP contribution in [0.15, 0.2) is 10.3 Å². The number of nitrogens with zero attached hydrogens (tertiary/aromatic N) is 4. The Labute approximate surface area is 82.8 Å². The summed E-state index contributed by atoms with van der Waals surface area (Å²) < 4.78 is 0. The fourth-order valence-corrected chi connectivity index (χ4v) is 0.374. The zero-order valence-corrected chi connectivity index (χ0v) is 9.98. The van der Waals surface area contributed by atoms with Crippen molar-refractivity contribution in [2.24, 2.45) is 0 Å². The quantitative estimate of drug-likeness (QED) is 0.442. The second-order valence-electron chi connectivity index (χ2n) is 0.965. The van der Waals surface area contributed by atoms with Crippen LogP contribution in [0.4, 0.5) is 0 Å². The van der Waals surface area contributed by atoms with Gasteiger partial charge in [-0.3, -0.25) is 0 Å². The number of aromatic nitrogens is 4. The van der Waals surface area contributed by atoms with Crippen LogP contribution in [0.5, 0.6) is 0 Å². The standard InChI is InChI=1S/C2H2N4S2.Cd/c7-1-3-5-2(8)6-4-1;/h(H,3,4,7)(H,5,6,8);/q;+2/p-2. The summed E-state index contributed by atoms with van der Waals surface area (Å²) in [5.74, 6) is 0. The summed E-state index contributed by atoms with van der Waals surface area (Å²) in [6.07, 6.45) is 0. The first-order chi connectivity index (χ1) is 3.79. The molecule has 0 radical (unpaired) electrons. The van der Waals surface area contributed by atoms with Crippen LogP contribution in [-0.2, 0) is 52.6 Å². The molecule has 7 heteroatoms. The summed E-state index contributed by atoms with van der Waals surface area (Å²) in [5.41, 5.74) is 0. The van der Waals surface area contributed by atoms with Crippen molar-refractivity contribution in [3.05, 3.63) is 0 Å². The Balaban J connectivity index is 0.000000640. The summed E-state index contributed by atoms with van der Waals surface area (Å²) in [5, 5.41) is 13.7. The second kappa shape index (κ2) is 4.17. The molecule has 0 saturated heterocycles. The summed E-state index contributed by atoms with van der Waals surface area (Å²) in [6.45, 7) is 0. The van der Waals surface area contributed by atoms with E-state index in [1.807, 2.05) is 0 Å². The predicted molar refractivity (Wildman–Crippen MR) is 28.9 cm³/mol. The van der Waals surface area contributed by atoms with Crippen molar-refractivity contribution in [3.8, 4) is 0 Å². The van der Waals surface area contributed by atoms with E-state index >= 15 is 0 Å². The van der Waals surface area contributed by atoms with E-state index < -0.39 is 0 Å². The number of rotatable bonds is 0. The van der Waals surface area contributed by atoms with Gasteiger partial charge < -0.3 is 25.3 Å². The molecule has 0 fully saturated rings. The van der Waals surface area contributed by atoms with E-state index in [-0.39, 0.29) is 37.6 Å². The van der Waals surface area contributed by atoms with Crippen LogP contribution in [0.3, 0.4) is 0 Å². The molecule has 0 amide bonds. The van der Waals surface area contributed by atoms with Crippen molar-refractivity contribution in [1.82, 2.24) is 20.4 Å². The van der Waals surface area contributed by atoms with Gasteiger partial charge in [0.05, 0.1) is 10.3 Å². The molecule has 0 atom stereocenters. The van der Waals surface area contributed by atoms with Gasteiger partial charge in [-0.25, -0.2) is 0 Å². The van der Waals surface area contributed by atoms with Gasteiger partial charge in [0.25, 0.3) is 0 Å². The molecular formula is C2CdN4S2. The van der Waals surface area contributed by atoms with Crippen LogP contribution in [0, 0.1) is 0 Å². The summed E-state index contributed by atoms with van der Waals surface area (Å²) >= 11 is 8.96. The zero-order chi connectivity index (χ0) is 5.98. The van der Waals surface area contributed by atoms with Crippen molar-refractivity contribution in [1.29, 1.82) is 0 Å². The molecule has 4 nitrogen and oxygen atoms in total. The molecule has 0 aromatic carbocycles. The van der Waals surface area contributed by atoms with E-state index in [1.165, 1.54) is 0 Å². The molecular weight excluding hydrogens is 257 g/mol. The average molecular weight is 257 g/mol. The molecule has 0 aliphatic carbocycles. The Morgan fingerprint density at radius 1 is 0.778 bits per heavy atom. The van der Waals surface area contributed by atoms with Crippen LogP contribution < -0.4 is 0 Å². The van der Waals surface area contributed by atoms with Gasteiger partial charge in [0, 0.05) is 0 Å². The fraction of sp³-hybridized carbons (Fsp3) is 0. The van der Waals surface area contributed by atoms with E-state index in [0.717, 1.165) is 0 Å². The number of hydrogen-bond donors (Lipinski definition) is 0.